The molecular weight excluding hydrogens is 217 g/mol. The molecule has 0 saturated carbocycles. The van der Waals surface area contributed by atoms with E-state index in [2.05, 4.69) is 23.8 Å². The van der Waals surface area contributed by atoms with Crippen LogP contribution in [0.15, 0.2) is 18.2 Å². The summed E-state index contributed by atoms with van der Waals surface area (Å²) in [5, 5.41) is 0. The quantitative estimate of drug-likeness (QED) is 0.792. The minimum atomic E-state index is -0.198. The Hall–Kier alpha value is -1.13. The van der Waals surface area contributed by atoms with Gasteiger partial charge in [0.2, 0.25) is 0 Å². The first-order chi connectivity index (χ1) is 8.06. The van der Waals surface area contributed by atoms with E-state index in [9.17, 15) is 4.39 Å². The Bertz CT molecular complexity index is 394. The average molecular weight is 237 g/mol. The summed E-state index contributed by atoms with van der Waals surface area (Å²) in [6, 6.07) is 5.41. The molecule has 1 aliphatic rings. The fourth-order valence-electron chi connectivity index (χ4n) is 2.32. The number of piperazine rings is 1. The summed E-state index contributed by atoms with van der Waals surface area (Å²) >= 11 is 0. The lowest BCUT2D eigenvalue weighted by molar-refractivity contribution is 0.0928. The monoisotopic (exact) mass is 237 g/mol. The Morgan fingerprint density at radius 3 is 2.82 bits per heavy atom. The van der Waals surface area contributed by atoms with Gasteiger partial charge in [0.05, 0.1) is 0 Å². The first-order valence-corrected chi connectivity index (χ1v) is 6.03. The van der Waals surface area contributed by atoms with Gasteiger partial charge in [-0.25, -0.2) is 4.39 Å². The van der Waals surface area contributed by atoms with Crippen LogP contribution in [0, 0.1) is 5.82 Å². The zero-order valence-corrected chi connectivity index (χ0v) is 10.5. The second-order valence-electron chi connectivity index (χ2n) is 4.93. The SMILES string of the molecule is CC1CN(C)CCN1Cc1ccc(N)cc1F. The van der Waals surface area contributed by atoms with Crippen LogP contribution in [0.1, 0.15) is 12.5 Å². The summed E-state index contributed by atoms with van der Waals surface area (Å²) in [4.78, 5) is 4.62. The molecule has 1 fully saturated rings. The van der Waals surface area contributed by atoms with Crippen molar-refractivity contribution in [2.45, 2.75) is 19.5 Å². The van der Waals surface area contributed by atoms with Crippen LogP contribution in [0.25, 0.3) is 0 Å². The van der Waals surface area contributed by atoms with Gasteiger partial charge in [-0.05, 0) is 26.1 Å². The maximum atomic E-state index is 13.7. The van der Waals surface area contributed by atoms with E-state index in [0.29, 0.717) is 18.3 Å². The third-order valence-corrected chi connectivity index (χ3v) is 3.42. The minimum absolute atomic E-state index is 0.198. The van der Waals surface area contributed by atoms with Crippen molar-refractivity contribution in [1.82, 2.24) is 9.80 Å². The van der Waals surface area contributed by atoms with Gasteiger partial charge in [-0.2, -0.15) is 0 Å². The molecule has 0 bridgehead atoms. The van der Waals surface area contributed by atoms with E-state index in [-0.39, 0.29) is 5.82 Å². The maximum Gasteiger partial charge on any atom is 0.129 e. The molecule has 1 heterocycles. The van der Waals surface area contributed by atoms with Crippen molar-refractivity contribution < 1.29 is 4.39 Å². The Kier molecular flexibility index (Phi) is 3.64. The predicted octanol–water partition coefficient (Wildman–Crippen LogP) is 1.54. The molecule has 0 aromatic heterocycles. The molecule has 3 nitrogen and oxygen atoms in total. The highest BCUT2D eigenvalue weighted by Gasteiger charge is 2.22. The fourth-order valence-corrected chi connectivity index (χ4v) is 2.32. The number of nitrogen functional groups attached to an aromatic ring is 1. The van der Waals surface area contributed by atoms with Gasteiger partial charge in [-0.1, -0.05) is 6.07 Å². The van der Waals surface area contributed by atoms with Gasteiger partial charge in [-0.15, -0.1) is 0 Å². The lowest BCUT2D eigenvalue weighted by Crippen LogP contribution is -2.49. The van der Waals surface area contributed by atoms with Crippen molar-refractivity contribution in [3.8, 4) is 0 Å². The Labute approximate surface area is 102 Å². The van der Waals surface area contributed by atoms with E-state index < -0.39 is 0 Å². The molecule has 0 spiro atoms. The van der Waals surface area contributed by atoms with Gasteiger partial charge in [0.1, 0.15) is 5.82 Å². The van der Waals surface area contributed by atoms with Gasteiger partial charge >= 0.3 is 0 Å². The highest BCUT2D eigenvalue weighted by Crippen LogP contribution is 2.17. The fraction of sp³-hybridized carbons (Fsp3) is 0.538. The molecule has 2 N–H and O–H groups in total. The zero-order valence-electron chi connectivity index (χ0n) is 10.5. The molecule has 0 amide bonds. The summed E-state index contributed by atoms with van der Waals surface area (Å²) in [6.45, 7) is 5.92. The minimum Gasteiger partial charge on any atom is -0.399 e. The molecule has 1 saturated heterocycles. The van der Waals surface area contributed by atoms with Gasteiger partial charge in [0.15, 0.2) is 0 Å². The normalized spacial score (nSPS) is 22.9. The Morgan fingerprint density at radius 2 is 2.18 bits per heavy atom. The summed E-state index contributed by atoms with van der Waals surface area (Å²) in [5.41, 5.74) is 6.76. The summed E-state index contributed by atoms with van der Waals surface area (Å²) < 4.78 is 13.7. The molecule has 94 valence electrons. The third kappa shape index (κ3) is 2.96. The van der Waals surface area contributed by atoms with Gasteiger partial charge in [0.25, 0.3) is 0 Å². The van der Waals surface area contributed by atoms with Crippen molar-refractivity contribution in [3.63, 3.8) is 0 Å². The van der Waals surface area contributed by atoms with Crippen molar-refractivity contribution >= 4 is 5.69 Å². The highest BCUT2D eigenvalue weighted by molar-refractivity contribution is 5.40. The van der Waals surface area contributed by atoms with E-state index >= 15 is 0 Å². The first-order valence-electron chi connectivity index (χ1n) is 6.03. The number of anilines is 1. The zero-order chi connectivity index (χ0) is 12.4. The van der Waals surface area contributed by atoms with Crippen LogP contribution in [-0.4, -0.2) is 42.5 Å². The third-order valence-electron chi connectivity index (χ3n) is 3.42. The summed E-state index contributed by atoms with van der Waals surface area (Å²) in [7, 11) is 2.12. The second kappa shape index (κ2) is 5.02. The molecule has 2 rings (SSSR count). The lowest BCUT2D eigenvalue weighted by Gasteiger charge is -2.38. The molecule has 0 aliphatic carbocycles. The number of rotatable bonds is 2. The number of benzene rings is 1. The van der Waals surface area contributed by atoms with Gasteiger partial charge in [-0.3, -0.25) is 4.90 Å². The van der Waals surface area contributed by atoms with Gasteiger partial charge in [0, 0.05) is 43.5 Å². The second-order valence-corrected chi connectivity index (χ2v) is 4.93. The van der Waals surface area contributed by atoms with Crippen LogP contribution in [0.3, 0.4) is 0 Å². The van der Waals surface area contributed by atoms with Crippen LogP contribution in [0.2, 0.25) is 0 Å². The first kappa shape index (κ1) is 12.3. The standard InChI is InChI=1S/C13H20FN3/c1-10-8-16(2)5-6-17(10)9-11-3-4-12(15)7-13(11)14/h3-4,7,10H,5-6,8-9,15H2,1-2H3. The van der Waals surface area contributed by atoms with Crippen molar-refractivity contribution in [1.29, 1.82) is 0 Å². The Balaban J connectivity index is 2.05. The van der Waals surface area contributed by atoms with Crippen molar-refractivity contribution in [2.24, 2.45) is 0 Å². The molecule has 4 heteroatoms. The number of hydrogen-bond donors (Lipinski definition) is 1. The van der Waals surface area contributed by atoms with E-state index in [1.54, 1.807) is 12.1 Å². The van der Waals surface area contributed by atoms with E-state index in [1.807, 2.05) is 0 Å². The van der Waals surface area contributed by atoms with Crippen LogP contribution in [0.5, 0.6) is 0 Å². The highest BCUT2D eigenvalue weighted by atomic mass is 19.1. The molecule has 1 aliphatic heterocycles. The molecule has 1 aromatic carbocycles. The predicted molar refractivity (Wildman–Crippen MR) is 68.2 cm³/mol. The number of hydrogen-bond acceptors (Lipinski definition) is 3. The molecule has 17 heavy (non-hydrogen) atoms. The van der Waals surface area contributed by atoms with Crippen LogP contribution in [-0.2, 0) is 6.54 Å². The van der Waals surface area contributed by atoms with E-state index in [4.69, 9.17) is 5.73 Å². The number of nitrogens with two attached hydrogens (primary N) is 1. The molecule has 1 atom stereocenters. The number of likely N-dealkylation sites (N-methyl/N-ethyl adjacent to an activating group) is 1. The molecule has 0 radical (unpaired) electrons. The maximum absolute atomic E-state index is 13.7. The number of halogens is 1. The Morgan fingerprint density at radius 1 is 1.41 bits per heavy atom. The van der Waals surface area contributed by atoms with Crippen LogP contribution >= 0.6 is 0 Å². The number of nitrogens with zero attached hydrogens (tertiary/aromatic N) is 2. The summed E-state index contributed by atoms with van der Waals surface area (Å²) in [5.74, 6) is -0.198. The molecule has 1 aromatic rings. The summed E-state index contributed by atoms with van der Waals surface area (Å²) in [6.07, 6.45) is 0. The van der Waals surface area contributed by atoms with Crippen LogP contribution in [0.4, 0.5) is 10.1 Å². The lowest BCUT2D eigenvalue weighted by atomic mass is 10.1. The van der Waals surface area contributed by atoms with E-state index in [0.717, 1.165) is 25.2 Å². The average Bonchev–Trinajstić information content (AvgIpc) is 2.25. The molecule has 1 unspecified atom stereocenters. The largest absolute Gasteiger partial charge is 0.399 e. The van der Waals surface area contributed by atoms with Crippen molar-refractivity contribution in [3.05, 3.63) is 29.6 Å². The van der Waals surface area contributed by atoms with Gasteiger partial charge < -0.3 is 10.6 Å². The van der Waals surface area contributed by atoms with Crippen molar-refractivity contribution in [2.75, 3.05) is 32.4 Å². The molecular formula is C13H20FN3. The van der Waals surface area contributed by atoms with E-state index in [1.165, 1.54) is 6.07 Å². The van der Waals surface area contributed by atoms with Crippen LogP contribution < -0.4 is 5.73 Å². The smallest absolute Gasteiger partial charge is 0.129 e. The topological polar surface area (TPSA) is 32.5 Å².